The van der Waals surface area contributed by atoms with E-state index in [1.807, 2.05) is 70.5 Å². The van der Waals surface area contributed by atoms with E-state index in [-0.39, 0.29) is 65.9 Å². The van der Waals surface area contributed by atoms with Crippen LogP contribution in [0, 0.1) is 23.7 Å². The summed E-state index contributed by atoms with van der Waals surface area (Å²) in [6.45, 7) is 24.9. The molecule has 132 heavy (non-hydrogen) atoms. The van der Waals surface area contributed by atoms with Gasteiger partial charge in [-0.25, -0.2) is 38.7 Å². The second-order valence-corrected chi connectivity index (χ2v) is 37.4. The lowest BCUT2D eigenvalue weighted by Crippen LogP contribution is -2.56. The van der Waals surface area contributed by atoms with E-state index in [1.54, 1.807) is 37.1 Å². The number of benzene rings is 6. The Bertz CT molecular complexity index is 5710. The molecule has 0 spiro atoms. The first-order chi connectivity index (χ1) is 63.0. The molecule has 34 nitrogen and oxygen atoms in total. The number of methoxy groups -OCH3 is 8. The van der Waals surface area contributed by atoms with Crippen molar-refractivity contribution in [1.82, 2.24) is 55.5 Å². The molecule has 14 atom stereocenters. The molecule has 0 unspecified atom stereocenters. The second kappa shape index (κ2) is 40.5. The van der Waals surface area contributed by atoms with Gasteiger partial charge in [0.15, 0.2) is 6.04 Å². The van der Waals surface area contributed by atoms with Crippen molar-refractivity contribution in [2.24, 2.45) is 33.7 Å². The quantitative estimate of drug-likeness (QED) is 0.0324. The minimum atomic E-state index is -1.17. The predicted molar refractivity (Wildman–Crippen MR) is 494 cm³/mol. The van der Waals surface area contributed by atoms with Crippen LogP contribution in [0.5, 0.6) is 11.5 Å². The number of H-pyrrole nitrogens is 2. The third-order valence-electron chi connectivity index (χ3n) is 25.8. The van der Waals surface area contributed by atoms with Gasteiger partial charge in [-0.1, -0.05) is 57.2 Å². The Kier molecular flexibility index (Phi) is 29.4. The average Bonchev–Trinajstić information content (AvgIpc) is 1.52. The summed E-state index contributed by atoms with van der Waals surface area (Å²) >= 11 is 0. The Balaban J connectivity index is 0.000000189. The monoisotopic (exact) mass is 1820 g/mol. The van der Waals surface area contributed by atoms with Crippen LogP contribution < -0.4 is 25.4 Å². The summed E-state index contributed by atoms with van der Waals surface area (Å²) in [5, 5.41) is 20.5. The minimum absolute atomic E-state index is 0.0912. The van der Waals surface area contributed by atoms with Crippen LogP contribution in [0.25, 0.3) is 66.3 Å². The van der Waals surface area contributed by atoms with Gasteiger partial charge in [-0.15, -0.1) is 0 Å². The number of carbonyl (C=O) groups is 8. The SMILES string of the molecule is CC[C@@H](OC)[C@H](NC(=O)OC)C(=O)N1C[C@@H](COC)C[C@H]1C1=Nc2ccc3cc4c(cc3c2C1)OCc1cc(-c2cnc([C@@H]3C[C@H](C)CN3C(=O)[C@@H](NC(=O)OC)[C@@H](C)OC)[nH]2)ccc1-4.COC(=O)N[C@H](C(=O)O)[C@@H](C)OC.COC[C@H]1C[C@@H](C2=Nc3ccc4cc5c(cc4c3C2)OCc2cc(-c3cnc([C@@H]4C[C@H](C)CN4C(=O)OC(C)(C)C)[nH]3)ccc2-5)N(C(=O)OC(C)(C)C)C1. The number of rotatable bonds is 23. The Morgan fingerprint density at radius 1 is 0.492 bits per heavy atom. The molecule has 4 saturated heterocycles. The maximum Gasteiger partial charge on any atom is 0.410 e. The molecule has 7 amide bonds. The summed E-state index contributed by atoms with van der Waals surface area (Å²) in [6, 6.07) is 25.9. The van der Waals surface area contributed by atoms with E-state index >= 15 is 0 Å². The standard InChI is InChI=1S/C48H59N7O10.C43H51N5O6.C7H13NO5/c1-9-40(62-6)43(53-48(59)64-8)46(57)55-22-27(23-60-4)15-38(55)36-18-33-32-19-41-34(17-28(32)11-13-35(33)50-36)31-12-10-29(16-30(31)24-65-41)37-20-49-44(51-37)39-14-25(2)21-54(39)45(56)42(26(3)61-5)52-47(58)63-7;1-24-13-37(47(20-24)40(49)53-42(2,3)4)39-44-19-35(46-39)27-9-11-29-28(15-27)23-52-38-18-30-26(16-32(29)38)10-12-33-31(30)17-34(45-33)36-14-25(22-51-8)21-48(36)41(50)54-43(5,6)7;1-4(12-2)5(6(9)10)8-7(11)13-3/h10-13,16-17,19-20,25-27,38-40,42-43H,9,14-15,18,21-24H2,1-8H3,(H,49,51)(H,52,58)(H,53,59);9-12,15-16,18-19,24-25,36-37H,13-14,17,20-23H2,1-8H3,(H,44,46);4-5H,1-3H3,(H,8,11)(H,9,10)/t25-,26+,27-,38-,39-,40+,42-,43-;24-,25-,36-,37-;4-,5+/m001/s1. The van der Waals surface area contributed by atoms with E-state index in [0.717, 1.165) is 149 Å². The van der Waals surface area contributed by atoms with Gasteiger partial charge in [0.1, 0.15) is 59.6 Å². The van der Waals surface area contributed by atoms with E-state index in [4.69, 9.17) is 77.2 Å². The Morgan fingerprint density at radius 2 is 0.902 bits per heavy atom. The van der Waals surface area contributed by atoms with E-state index < -0.39 is 71.9 Å². The van der Waals surface area contributed by atoms with Gasteiger partial charge in [-0.2, -0.15) is 0 Å². The number of imidazole rings is 2. The van der Waals surface area contributed by atoms with Crippen molar-refractivity contribution in [1.29, 1.82) is 0 Å². The molecule has 0 aliphatic carbocycles. The van der Waals surface area contributed by atoms with E-state index in [0.29, 0.717) is 96.5 Å². The van der Waals surface area contributed by atoms with Crippen LogP contribution in [0.1, 0.15) is 154 Å². The van der Waals surface area contributed by atoms with E-state index in [9.17, 15) is 38.4 Å². The van der Waals surface area contributed by atoms with Crippen LogP contribution >= 0.6 is 0 Å². The topological polar surface area (TPSA) is 399 Å². The lowest BCUT2D eigenvalue weighted by Gasteiger charge is -2.32. The largest absolute Gasteiger partial charge is 0.488 e. The van der Waals surface area contributed by atoms with E-state index in [1.165, 1.54) is 42.5 Å². The Hall–Kier alpha value is -12.2. The number of aliphatic imine (C=N–C) groups is 2. The fourth-order valence-electron chi connectivity index (χ4n) is 19.2. The zero-order valence-electron chi connectivity index (χ0n) is 78.6. The number of aromatic amines is 2. The van der Waals surface area contributed by atoms with Gasteiger partial charge < -0.3 is 97.7 Å². The number of likely N-dealkylation sites (tertiary alicyclic amines) is 4. The summed E-state index contributed by atoms with van der Waals surface area (Å²) in [5.74, 6) is 2.28. The highest BCUT2D eigenvalue weighted by Crippen LogP contribution is 2.49. The number of amides is 7. The second-order valence-electron chi connectivity index (χ2n) is 37.4. The maximum atomic E-state index is 14.3. The fourth-order valence-corrected chi connectivity index (χ4v) is 19.2. The zero-order chi connectivity index (χ0) is 94.6. The van der Waals surface area contributed by atoms with Crippen LogP contribution in [0.2, 0.25) is 0 Å². The van der Waals surface area contributed by atoms with Crippen LogP contribution in [-0.4, -0.2) is 260 Å². The van der Waals surface area contributed by atoms with Gasteiger partial charge in [0.2, 0.25) is 11.8 Å². The molecule has 2 aromatic heterocycles. The zero-order valence-corrected chi connectivity index (χ0v) is 78.6. The van der Waals surface area contributed by atoms with Crippen molar-refractivity contribution < 1.29 is 100 Å². The van der Waals surface area contributed by atoms with Crippen LogP contribution in [0.3, 0.4) is 0 Å². The number of fused-ring (bicyclic) bond motifs is 12. The molecule has 0 radical (unpaired) electrons. The van der Waals surface area contributed by atoms with Crippen LogP contribution in [-0.2, 0) is 87.8 Å². The fraction of sp³-hybridized carbons (Fsp3) is 0.510. The highest BCUT2D eigenvalue weighted by molar-refractivity contribution is 6.08. The predicted octanol–water partition coefficient (Wildman–Crippen LogP) is 14.9. The number of aliphatic carboxylic acids is 1. The first-order valence-electron chi connectivity index (χ1n) is 45.0. The number of alkyl carbamates (subject to hydrolysis) is 3. The van der Waals surface area contributed by atoms with Crippen molar-refractivity contribution >= 4 is 92.6 Å². The van der Waals surface area contributed by atoms with Crippen molar-refractivity contribution in [2.45, 2.75) is 206 Å². The Morgan fingerprint density at radius 3 is 1.33 bits per heavy atom. The molecule has 8 aliphatic heterocycles. The molecule has 4 fully saturated rings. The lowest BCUT2D eigenvalue weighted by atomic mass is 9.90. The van der Waals surface area contributed by atoms with Crippen LogP contribution in [0.4, 0.5) is 35.3 Å². The molecule has 10 heterocycles. The summed E-state index contributed by atoms with van der Waals surface area (Å²) in [6.07, 6.45) is 3.85. The lowest BCUT2D eigenvalue weighted by molar-refractivity contribution is -0.142. The molecule has 8 aromatic rings. The van der Waals surface area contributed by atoms with Crippen molar-refractivity contribution in [3.05, 3.63) is 131 Å². The summed E-state index contributed by atoms with van der Waals surface area (Å²) < 4.78 is 65.3. The number of aromatic nitrogens is 4. The molecule has 16 rings (SSSR count). The van der Waals surface area contributed by atoms with E-state index in [2.05, 4.69) is 123 Å². The van der Waals surface area contributed by atoms with Gasteiger partial charge in [-0.3, -0.25) is 29.4 Å². The number of ether oxygens (including phenoxy) is 12. The van der Waals surface area contributed by atoms with Gasteiger partial charge >= 0.3 is 36.4 Å². The number of hydrogen-bond donors (Lipinski definition) is 6. The minimum Gasteiger partial charge on any atom is -0.488 e. The number of nitrogens with one attached hydrogen (secondary N) is 5. The summed E-state index contributed by atoms with van der Waals surface area (Å²) in [4.78, 5) is 134. The van der Waals surface area contributed by atoms with Crippen molar-refractivity contribution in [2.75, 3.05) is 96.3 Å². The van der Waals surface area contributed by atoms with Gasteiger partial charge in [0.25, 0.3) is 0 Å². The van der Waals surface area contributed by atoms with Crippen LogP contribution in [0.15, 0.2) is 107 Å². The molecular weight excluding hydrogens is 1700 g/mol. The number of nitrogens with zero attached hydrogens (tertiary/aromatic N) is 8. The molecule has 34 heteroatoms. The molecule has 6 N–H and O–H groups in total. The smallest absolute Gasteiger partial charge is 0.410 e. The number of carboxylic acids is 1. The number of hydrogen-bond acceptors (Lipinski definition) is 24. The Labute approximate surface area is 768 Å². The van der Waals surface area contributed by atoms with Gasteiger partial charge in [0, 0.05) is 109 Å². The maximum absolute atomic E-state index is 14.3. The third kappa shape index (κ3) is 20.8. The molecule has 0 bridgehead atoms. The molecule has 8 aliphatic rings. The molecule has 0 saturated carbocycles. The summed E-state index contributed by atoms with van der Waals surface area (Å²) in [7, 11) is 11.5. The molecular formula is C98H123N13O21. The number of carbonyl (C=O) groups excluding carboxylic acids is 7. The van der Waals surface area contributed by atoms with Gasteiger partial charge in [-0.05, 0) is 214 Å². The highest BCUT2D eigenvalue weighted by atomic mass is 16.6. The molecule has 6 aromatic carbocycles. The van der Waals surface area contributed by atoms with Gasteiger partial charge in [0.05, 0.1) is 112 Å². The first kappa shape index (κ1) is 95.8. The number of carboxylic acid groups (broad SMARTS) is 1. The first-order valence-corrected chi connectivity index (χ1v) is 45.0. The highest BCUT2D eigenvalue weighted by Gasteiger charge is 2.48. The summed E-state index contributed by atoms with van der Waals surface area (Å²) in [5.41, 5.74) is 14.8. The average molecular weight is 1820 g/mol. The van der Waals surface area contributed by atoms with Crippen molar-refractivity contribution in [3.63, 3.8) is 0 Å². The normalized spacial score (nSPS) is 21.1. The molecule has 706 valence electrons. The third-order valence-corrected chi connectivity index (χ3v) is 25.8. The van der Waals surface area contributed by atoms with Crippen molar-refractivity contribution in [3.8, 4) is 56.3 Å².